The smallest absolute Gasteiger partial charge is 0.134 e. The Labute approximate surface area is 304 Å². The zero-order chi connectivity index (χ0) is 34.6. The predicted octanol–water partition coefficient (Wildman–Crippen LogP) is 10.8. The van der Waals surface area contributed by atoms with Gasteiger partial charge in [0.15, 0.2) is 0 Å². The van der Waals surface area contributed by atoms with E-state index in [-0.39, 0.29) is 23.3 Å². The van der Waals surface area contributed by atoms with Crippen molar-refractivity contribution >= 4 is 33.4 Å². The Bertz CT molecular complexity index is 2240. The van der Waals surface area contributed by atoms with E-state index in [0.717, 1.165) is 41.1 Å². The van der Waals surface area contributed by atoms with Gasteiger partial charge in [0.05, 0.1) is 16.5 Å². The Balaban J connectivity index is 0.954. The molecule has 4 nitrogen and oxygen atoms in total. The van der Waals surface area contributed by atoms with Crippen LogP contribution in [0, 0.1) is 17.2 Å². The molecule has 8 rings (SSSR count). The molecule has 4 atom stereocenters. The van der Waals surface area contributed by atoms with Crippen molar-refractivity contribution in [3.8, 4) is 22.3 Å². The zero-order valence-corrected chi connectivity index (χ0v) is 29.1. The number of fused-ring (bicyclic) bond motifs is 1. The van der Waals surface area contributed by atoms with Crippen LogP contribution in [0.2, 0.25) is 0 Å². The van der Waals surface area contributed by atoms with Gasteiger partial charge < -0.3 is 11.1 Å². The van der Waals surface area contributed by atoms with Gasteiger partial charge in [-0.15, -0.1) is 0 Å². The Morgan fingerprint density at radius 2 is 1.22 bits per heavy atom. The molecule has 2 aliphatic rings. The number of nitrogens with one attached hydrogen (secondary N) is 2. The fourth-order valence-electron chi connectivity index (χ4n) is 7.22. The van der Waals surface area contributed by atoms with Gasteiger partial charge in [-0.3, -0.25) is 5.41 Å². The third-order valence-corrected chi connectivity index (χ3v) is 11.1. The molecule has 6 aromatic carbocycles. The second kappa shape index (κ2) is 14.8. The van der Waals surface area contributed by atoms with Crippen molar-refractivity contribution in [3.63, 3.8) is 0 Å². The number of hydrogen-bond acceptors (Lipinski definition) is 5. The highest BCUT2D eigenvalue weighted by molar-refractivity contribution is 8.14. The summed E-state index contributed by atoms with van der Waals surface area (Å²) >= 11 is 1.45. The van der Waals surface area contributed by atoms with E-state index in [4.69, 9.17) is 16.1 Å². The molecule has 0 bridgehead atoms. The van der Waals surface area contributed by atoms with Gasteiger partial charge in [0.25, 0.3) is 0 Å². The number of amidine groups is 1. The number of benzene rings is 6. The maximum Gasteiger partial charge on any atom is 0.134 e. The number of hydrogen-bond donors (Lipinski definition) is 3. The largest absolute Gasteiger partial charge is 0.359 e. The van der Waals surface area contributed by atoms with Crippen LogP contribution in [-0.4, -0.2) is 16.3 Å². The molecule has 0 spiro atoms. The minimum Gasteiger partial charge on any atom is -0.359 e. The fourth-order valence-corrected chi connectivity index (χ4v) is 8.17. The minimum absolute atomic E-state index is 0.0528. The Hall–Kier alpha value is -5.49. The number of nitrogens with two attached hydrogens (primary N) is 1. The summed E-state index contributed by atoms with van der Waals surface area (Å²) in [5, 5.41) is 15.3. The average molecular weight is 681 g/mol. The van der Waals surface area contributed by atoms with E-state index in [0.29, 0.717) is 5.04 Å². The van der Waals surface area contributed by atoms with E-state index in [9.17, 15) is 0 Å². The summed E-state index contributed by atoms with van der Waals surface area (Å²) in [4.78, 5) is 5.12. The maximum atomic E-state index is 8.94. The van der Waals surface area contributed by atoms with Crippen LogP contribution in [0.1, 0.15) is 35.6 Å². The first kappa shape index (κ1) is 32.7. The molecule has 0 fully saturated rings. The van der Waals surface area contributed by atoms with E-state index in [1.54, 1.807) is 0 Å². The lowest BCUT2D eigenvalue weighted by atomic mass is 9.85. The summed E-state index contributed by atoms with van der Waals surface area (Å²) in [7, 11) is 0. The van der Waals surface area contributed by atoms with E-state index < -0.39 is 0 Å². The van der Waals surface area contributed by atoms with Gasteiger partial charge in [-0.25, -0.2) is 4.99 Å². The Morgan fingerprint density at radius 1 is 0.647 bits per heavy atom. The van der Waals surface area contributed by atoms with Gasteiger partial charge in [-0.2, -0.15) is 0 Å². The molecule has 0 saturated carbocycles. The molecular weight excluding hydrogens is 641 g/mol. The van der Waals surface area contributed by atoms with Gasteiger partial charge in [0.2, 0.25) is 0 Å². The molecule has 0 saturated heterocycles. The third kappa shape index (κ3) is 7.09. The molecule has 51 heavy (non-hydrogen) atoms. The van der Waals surface area contributed by atoms with Crippen molar-refractivity contribution in [1.29, 1.82) is 5.41 Å². The summed E-state index contributed by atoms with van der Waals surface area (Å²) in [5.41, 5.74) is 15.8. The first-order valence-corrected chi connectivity index (χ1v) is 18.5. The van der Waals surface area contributed by atoms with Crippen molar-refractivity contribution in [3.05, 3.63) is 192 Å². The highest BCUT2D eigenvalue weighted by Gasteiger charge is 2.28. The lowest BCUT2D eigenvalue weighted by molar-refractivity contribution is 0.474. The highest BCUT2D eigenvalue weighted by atomic mass is 32.2. The first-order chi connectivity index (χ1) is 25.1. The third-order valence-electron chi connectivity index (χ3n) is 10.0. The summed E-state index contributed by atoms with van der Waals surface area (Å²) in [6.07, 6.45) is 8.72. The average Bonchev–Trinajstić information content (AvgIpc) is 3.21. The van der Waals surface area contributed by atoms with Gasteiger partial charge in [-0.1, -0.05) is 176 Å². The summed E-state index contributed by atoms with van der Waals surface area (Å²) in [5.74, 6) is 1.31. The van der Waals surface area contributed by atoms with Crippen LogP contribution in [0.5, 0.6) is 0 Å². The topological polar surface area (TPSA) is 74.3 Å². The Morgan fingerprint density at radius 3 is 1.82 bits per heavy atom. The van der Waals surface area contributed by atoms with Crippen LogP contribution in [0.4, 0.5) is 0 Å². The Kier molecular flexibility index (Phi) is 9.48. The van der Waals surface area contributed by atoms with E-state index in [2.05, 4.69) is 169 Å². The fraction of sp³-hybridized carbons (Fsp3) is 0.130. The number of nitrogens with zero attached hydrogens (tertiary/aromatic N) is 1. The molecule has 5 heteroatoms. The van der Waals surface area contributed by atoms with Gasteiger partial charge in [0.1, 0.15) is 5.84 Å². The summed E-state index contributed by atoms with van der Waals surface area (Å²) in [6.45, 7) is 0. The van der Waals surface area contributed by atoms with Crippen LogP contribution < -0.4 is 11.1 Å². The van der Waals surface area contributed by atoms with E-state index in [1.165, 1.54) is 44.8 Å². The molecule has 4 N–H and O–H groups in total. The van der Waals surface area contributed by atoms with Gasteiger partial charge in [0, 0.05) is 28.7 Å². The molecule has 0 aromatic heterocycles. The van der Waals surface area contributed by atoms with E-state index >= 15 is 0 Å². The van der Waals surface area contributed by atoms with Crippen molar-refractivity contribution < 1.29 is 0 Å². The molecule has 1 aliphatic heterocycles. The predicted molar refractivity (Wildman–Crippen MR) is 216 cm³/mol. The molecule has 1 aliphatic carbocycles. The highest BCUT2D eigenvalue weighted by Crippen LogP contribution is 2.38. The second-order valence-electron chi connectivity index (χ2n) is 13.2. The van der Waals surface area contributed by atoms with Crippen LogP contribution in [0.3, 0.4) is 0 Å². The van der Waals surface area contributed by atoms with Crippen LogP contribution in [0.25, 0.3) is 33.0 Å². The first-order valence-electron chi connectivity index (χ1n) is 17.6. The summed E-state index contributed by atoms with van der Waals surface area (Å²) in [6, 6.07) is 52.9. The molecule has 250 valence electrons. The van der Waals surface area contributed by atoms with Crippen LogP contribution in [0.15, 0.2) is 181 Å². The minimum atomic E-state index is -0.202. The lowest BCUT2D eigenvalue weighted by Gasteiger charge is -2.30. The number of allylic oxidation sites excluding steroid dienone is 1. The normalized spacial score (nSPS) is 19.1. The molecule has 0 radical (unpaired) electrons. The summed E-state index contributed by atoms with van der Waals surface area (Å²) < 4.78 is 0. The zero-order valence-electron chi connectivity index (χ0n) is 28.3. The molecule has 1 heterocycles. The lowest BCUT2D eigenvalue weighted by Crippen LogP contribution is -2.33. The molecule has 0 amide bonds. The number of aliphatic imine (C=N–C) groups is 1. The molecular formula is C46H40N4S. The maximum absolute atomic E-state index is 8.94. The van der Waals surface area contributed by atoms with Crippen molar-refractivity contribution in [1.82, 2.24) is 5.32 Å². The van der Waals surface area contributed by atoms with Gasteiger partial charge >= 0.3 is 0 Å². The van der Waals surface area contributed by atoms with Crippen molar-refractivity contribution in [2.75, 3.05) is 0 Å². The molecule has 4 unspecified atom stereocenters. The van der Waals surface area contributed by atoms with Crippen LogP contribution in [-0.2, 0) is 0 Å². The standard InChI is InChI=1S/C46H40N4S/c47-44(35-24-20-32(21-25-35)39-29-28-38(31-12-4-1-5-13-31)40-18-10-11-19-41(39)40)51-45(48)36-26-22-34(23-27-36)43-30-42(33-14-6-2-7-15-33)49-46(50-43)37-16-8-3-9-17-37/h1-22,24-26,28-30,34,36,42,45,47H,23,27,48H2,(H,49,50). The van der Waals surface area contributed by atoms with Crippen molar-refractivity contribution in [2.45, 2.75) is 24.3 Å². The SMILES string of the molecule is N=C(SC(N)C1C=CC(C2=CC(c3ccccc3)NC(c3ccccc3)=N2)CC1)c1ccc(-c2ccc(-c3ccccc3)c3ccccc23)cc1. The second-order valence-corrected chi connectivity index (χ2v) is 14.4. The quantitative estimate of drug-likeness (QED) is 0.0648. The monoisotopic (exact) mass is 680 g/mol. The molecule has 6 aromatic rings. The van der Waals surface area contributed by atoms with Crippen LogP contribution >= 0.6 is 11.8 Å². The van der Waals surface area contributed by atoms with E-state index in [1.807, 2.05) is 6.07 Å². The number of thioether (sulfide) groups is 1. The number of rotatable bonds is 8. The van der Waals surface area contributed by atoms with Gasteiger partial charge in [-0.05, 0) is 57.5 Å². The van der Waals surface area contributed by atoms with Crippen molar-refractivity contribution in [2.24, 2.45) is 22.6 Å².